The van der Waals surface area contributed by atoms with E-state index < -0.39 is 5.97 Å². The van der Waals surface area contributed by atoms with Gasteiger partial charge in [0.2, 0.25) is 0 Å². The van der Waals surface area contributed by atoms with E-state index in [1.807, 2.05) is 4.57 Å². The molecule has 106 valence electrons. The number of hydrogen-bond donors (Lipinski definition) is 1. The standard InChI is InChI=1S/C16H13BrN2O2/c1-9-5-13-15(6-10(9)2)19(8-18-13)14-4-3-11(16(20)21)7-12(14)17/h3-8H,1-2H3,(H,20,21). The molecule has 4 nitrogen and oxygen atoms in total. The smallest absolute Gasteiger partial charge is 0.335 e. The summed E-state index contributed by atoms with van der Waals surface area (Å²) < 4.78 is 2.68. The molecule has 0 aliphatic heterocycles. The molecule has 3 rings (SSSR count). The summed E-state index contributed by atoms with van der Waals surface area (Å²) in [5.41, 5.74) is 5.44. The summed E-state index contributed by atoms with van der Waals surface area (Å²) in [6.45, 7) is 4.13. The van der Waals surface area contributed by atoms with Crippen molar-refractivity contribution in [2.75, 3.05) is 0 Å². The lowest BCUT2D eigenvalue weighted by molar-refractivity contribution is 0.0697. The number of hydrogen-bond acceptors (Lipinski definition) is 2. The monoisotopic (exact) mass is 344 g/mol. The number of halogens is 1. The molecule has 0 aliphatic carbocycles. The number of benzene rings is 2. The Morgan fingerprint density at radius 1 is 1.19 bits per heavy atom. The summed E-state index contributed by atoms with van der Waals surface area (Å²) in [6, 6.07) is 9.12. The molecule has 1 N–H and O–H groups in total. The molecular formula is C16H13BrN2O2. The molecule has 3 aromatic rings. The van der Waals surface area contributed by atoms with Crippen molar-refractivity contribution >= 4 is 32.9 Å². The number of rotatable bonds is 2. The molecular weight excluding hydrogens is 332 g/mol. The number of aromatic carboxylic acids is 1. The molecule has 2 aromatic carbocycles. The molecule has 0 fully saturated rings. The van der Waals surface area contributed by atoms with E-state index in [-0.39, 0.29) is 5.56 Å². The number of nitrogens with zero attached hydrogens (tertiary/aromatic N) is 2. The maximum Gasteiger partial charge on any atom is 0.335 e. The van der Waals surface area contributed by atoms with Gasteiger partial charge in [-0.1, -0.05) is 0 Å². The predicted molar refractivity (Wildman–Crippen MR) is 85.2 cm³/mol. The van der Waals surface area contributed by atoms with Crippen molar-refractivity contribution in [3.8, 4) is 5.69 Å². The van der Waals surface area contributed by atoms with Crippen LogP contribution in [-0.4, -0.2) is 20.6 Å². The number of carboxylic acid groups (broad SMARTS) is 1. The second-order valence-corrected chi connectivity index (χ2v) is 5.87. The Hall–Kier alpha value is -2.14. The normalized spacial score (nSPS) is 11.0. The molecule has 0 unspecified atom stereocenters. The minimum atomic E-state index is -0.941. The van der Waals surface area contributed by atoms with E-state index in [9.17, 15) is 4.79 Å². The van der Waals surface area contributed by atoms with Gasteiger partial charge in [-0.05, 0) is 71.2 Å². The third kappa shape index (κ3) is 2.34. The van der Waals surface area contributed by atoms with Gasteiger partial charge < -0.3 is 5.11 Å². The highest BCUT2D eigenvalue weighted by atomic mass is 79.9. The van der Waals surface area contributed by atoms with E-state index in [4.69, 9.17) is 5.11 Å². The van der Waals surface area contributed by atoms with Crippen molar-refractivity contribution in [2.45, 2.75) is 13.8 Å². The van der Waals surface area contributed by atoms with Crippen molar-refractivity contribution in [1.29, 1.82) is 0 Å². The first-order chi connectivity index (χ1) is 9.97. The van der Waals surface area contributed by atoms with Crippen molar-refractivity contribution in [3.63, 3.8) is 0 Å². The zero-order valence-electron chi connectivity index (χ0n) is 11.6. The van der Waals surface area contributed by atoms with Gasteiger partial charge in [0, 0.05) is 4.47 Å². The highest BCUT2D eigenvalue weighted by Gasteiger charge is 2.11. The van der Waals surface area contributed by atoms with Crippen molar-refractivity contribution < 1.29 is 9.90 Å². The fraction of sp³-hybridized carbons (Fsp3) is 0.125. The molecule has 1 heterocycles. The molecule has 0 saturated carbocycles. The molecule has 1 aromatic heterocycles. The summed E-state index contributed by atoms with van der Waals surface area (Å²) in [6.07, 6.45) is 1.75. The first-order valence-corrected chi connectivity index (χ1v) is 7.24. The van der Waals surface area contributed by atoms with Crippen LogP contribution in [0, 0.1) is 13.8 Å². The summed E-state index contributed by atoms with van der Waals surface area (Å²) in [5, 5.41) is 9.03. The van der Waals surface area contributed by atoms with Crippen LogP contribution in [0.3, 0.4) is 0 Å². The minimum absolute atomic E-state index is 0.252. The number of aromatic nitrogens is 2. The number of fused-ring (bicyclic) bond motifs is 1. The molecule has 0 bridgehead atoms. The molecule has 0 radical (unpaired) electrons. The van der Waals surface area contributed by atoms with Crippen LogP contribution in [0.4, 0.5) is 0 Å². The van der Waals surface area contributed by atoms with Crippen LogP contribution in [0.2, 0.25) is 0 Å². The molecule has 0 spiro atoms. The molecule has 0 amide bonds. The highest BCUT2D eigenvalue weighted by Crippen LogP contribution is 2.27. The second-order valence-electron chi connectivity index (χ2n) is 5.01. The van der Waals surface area contributed by atoms with Gasteiger partial charge in [0.05, 0.1) is 22.3 Å². The molecule has 0 atom stereocenters. The fourth-order valence-electron chi connectivity index (χ4n) is 2.29. The Morgan fingerprint density at radius 3 is 2.57 bits per heavy atom. The van der Waals surface area contributed by atoms with Crippen molar-refractivity contribution in [2.24, 2.45) is 0 Å². The quantitative estimate of drug-likeness (QED) is 0.761. The van der Waals surface area contributed by atoms with E-state index in [1.54, 1.807) is 24.5 Å². The van der Waals surface area contributed by atoms with Crippen LogP contribution < -0.4 is 0 Å². The third-order valence-electron chi connectivity index (χ3n) is 3.62. The topological polar surface area (TPSA) is 55.1 Å². The zero-order valence-corrected chi connectivity index (χ0v) is 13.2. The average molecular weight is 345 g/mol. The lowest BCUT2D eigenvalue weighted by atomic mass is 10.1. The largest absolute Gasteiger partial charge is 0.478 e. The number of aryl methyl sites for hydroxylation is 2. The van der Waals surface area contributed by atoms with Crippen LogP contribution in [0.1, 0.15) is 21.5 Å². The first kappa shape index (κ1) is 13.8. The van der Waals surface area contributed by atoms with Crippen LogP contribution >= 0.6 is 15.9 Å². The summed E-state index contributed by atoms with van der Waals surface area (Å²) in [7, 11) is 0. The van der Waals surface area contributed by atoms with E-state index in [0.717, 1.165) is 21.2 Å². The minimum Gasteiger partial charge on any atom is -0.478 e. The van der Waals surface area contributed by atoms with Crippen LogP contribution in [0.25, 0.3) is 16.7 Å². The van der Waals surface area contributed by atoms with Gasteiger partial charge in [0.15, 0.2) is 0 Å². The Kier molecular flexibility index (Phi) is 3.29. The Bertz CT molecular complexity index is 868. The molecule has 0 saturated heterocycles. The van der Waals surface area contributed by atoms with Crippen LogP contribution in [-0.2, 0) is 0 Å². The Labute approximate surface area is 130 Å². The van der Waals surface area contributed by atoms with Crippen LogP contribution in [0.15, 0.2) is 41.1 Å². The number of carbonyl (C=O) groups is 1. The molecule has 21 heavy (non-hydrogen) atoms. The lowest BCUT2D eigenvalue weighted by Crippen LogP contribution is -1.99. The Balaban J connectivity index is 2.21. The third-order valence-corrected chi connectivity index (χ3v) is 4.25. The number of imidazole rings is 1. The van der Waals surface area contributed by atoms with Gasteiger partial charge in [-0.3, -0.25) is 4.57 Å². The number of carboxylic acids is 1. The van der Waals surface area contributed by atoms with Crippen molar-refractivity contribution in [3.05, 3.63) is 57.8 Å². The van der Waals surface area contributed by atoms with E-state index in [1.165, 1.54) is 11.1 Å². The second kappa shape index (κ2) is 5.00. The van der Waals surface area contributed by atoms with Gasteiger partial charge in [0.1, 0.15) is 6.33 Å². The van der Waals surface area contributed by atoms with E-state index in [0.29, 0.717) is 0 Å². The first-order valence-electron chi connectivity index (χ1n) is 6.45. The zero-order chi connectivity index (χ0) is 15.1. The maximum atomic E-state index is 11.0. The Morgan fingerprint density at radius 2 is 1.90 bits per heavy atom. The van der Waals surface area contributed by atoms with Gasteiger partial charge in [-0.2, -0.15) is 0 Å². The predicted octanol–water partition coefficient (Wildman–Crippen LogP) is 4.10. The van der Waals surface area contributed by atoms with Crippen molar-refractivity contribution in [1.82, 2.24) is 9.55 Å². The van der Waals surface area contributed by atoms with Gasteiger partial charge in [0.25, 0.3) is 0 Å². The summed E-state index contributed by atoms with van der Waals surface area (Å²) in [5.74, 6) is -0.941. The van der Waals surface area contributed by atoms with Gasteiger partial charge in [-0.25, -0.2) is 9.78 Å². The van der Waals surface area contributed by atoms with E-state index >= 15 is 0 Å². The maximum absolute atomic E-state index is 11.0. The summed E-state index contributed by atoms with van der Waals surface area (Å²) >= 11 is 3.44. The SMILES string of the molecule is Cc1cc2ncn(-c3ccc(C(=O)O)cc3Br)c2cc1C. The molecule has 0 aliphatic rings. The highest BCUT2D eigenvalue weighted by molar-refractivity contribution is 9.10. The lowest BCUT2D eigenvalue weighted by Gasteiger charge is -2.09. The molecule has 5 heteroatoms. The van der Waals surface area contributed by atoms with Gasteiger partial charge in [-0.15, -0.1) is 0 Å². The van der Waals surface area contributed by atoms with Gasteiger partial charge >= 0.3 is 5.97 Å². The fourth-order valence-corrected chi connectivity index (χ4v) is 2.86. The van der Waals surface area contributed by atoms with Crippen LogP contribution in [0.5, 0.6) is 0 Å². The van der Waals surface area contributed by atoms with E-state index in [2.05, 4.69) is 46.9 Å². The average Bonchev–Trinajstić information content (AvgIpc) is 2.82. The summed E-state index contributed by atoms with van der Waals surface area (Å²) in [4.78, 5) is 15.4.